The fourth-order valence-corrected chi connectivity index (χ4v) is 5.46. The second kappa shape index (κ2) is 6.36. The van der Waals surface area contributed by atoms with E-state index in [9.17, 15) is 0 Å². The highest BCUT2D eigenvalue weighted by atomic mass is 32.2. The van der Waals surface area contributed by atoms with Gasteiger partial charge in [-0.1, -0.05) is 12.1 Å². The standard InChI is InChI=1S/C15H23NS2/c1-10-7-12(3)13(8-11(10)2)15(16-4)14-9-17-5-6-18-14/h7-8,14-16H,5-6,9H2,1-4H3. The van der Waals surface area contributed by atoms with Gasteiger partial charge >= 0.3 is 0 Å². The Hall–Kier alpha value is -0.120. The third-order valence-electron chi connectivity index (χ3n) is 3.74. The highest BCUT2D eigenvalue weighted by Gasteiger charge is 2.26. The van der Waals surface area contributed by atoms with E-state index in [0.29, 0.717) is 11.3 Å². The summed E-state index contributed by atoms with van der Waals surface area (Å²) in [7, 11) is 2.10. The molecular formula is C15H23NS2. The first kappa shape index (κ1) is 14.3. The summed E-state index contributed by atoms with van der Waals surface area (Å²) >= 11 is 4.22. The van der Waals surface area contributed by atoms with Crippen LogP contribution in [-0.2, 0) is 0 Å². The number of rotatable bonds is 3. The molecule has 0 bridgehead atoms. The van der Waals surface area contributed by atoms with Crippen molar-refractivity contribution in [3.63, 3.8) is 0 Å². The Labute approximate surface area is 120 Å². The van der Waals surface area contributed by atoms with Gasteiger partial charge in [-0.25, -0.2) is 0 Å². The lowest BCUT2D eigenvalue weighted by atomic mass is 9.94. The molecular weight excluding hydrogens is 258 g/mol. The van der Waals surface area contributed by atoms with Crippen molar-refractivity contribution >= 4 is 23.5 Å². The molecule has 1 aromatic rings. The minimum Gasteiger partial charge on any atom is -0.312 e. The molecule has 2 unspecified atom stereocenters. The molecule has 18 heavy (non-hydrogen) atoms. The summed E-state index contributed by atoms with van der Waals surface area (Å²) in [5, 5.41) is 4.24. The zero-order valence-electron chi connectivity index (χ0n) is 11.7. The Bertz CT molecular complexity index is 411. The van der Waals surface area contributed by atoms with Crippen LogP contribution in [0.2, 0.25) is 0 Å². The smallest absolute Gasteiger partial charge is 0.0448 e. The molecule has 1 nitrogen and oxygen atoms in total. The lowest BCUT2D eigenvalue weighted by molar-refractivity contribution is 0.589. The van der Waals surface area contributed by atoms with Crippen LogP contribution in [-0.4, -0.2) is 29.6 Å². The van der Waals surface area contributed by atoms with E-state index < -0.39 is 0 Å². The lowest BCUT2D eigenvalue weighted by Gasteiger charge is -2.31. The van der Waals surface area contributed by atoms with Crippen LogP contribution < -0.4 is 5.32 Å². The highest BCUT2D eigenvalue weighted by molar-refractivity contribution is 8.06. The van der Waals surface area contributed by atoms with E-state index in [2.05, 4.69) is 68.8 Å². The van der Waals surface area contributed by atoms with E-state index in [1.54, 1.807) is 0 Å². The number of nitrogens with one attached hydrogen (secondary N) is 1. The zero-order chi connectivity index (χ0) is 13.1. The maximum Gasteiger partial charge on any atom is 0.0448 e. The number of hydrogen-bond donors (Lipinski definition) is 1. The zero-order valence-corrected chi connectivity index (χ0v) is 13.4. The molecule has 2 atom stereocenters. The number of benzene rings is 1. The first-order valence-electron chi connectivity index (χ1n) is 6.58. The fourth-order valence-electron chi connectivity index (χ4n) is 2.56. The second-order valence-electron chi connectivity index (χ2n) is 5.04. The third kappa shape index (κ3) is 3.06. The van der Waals surface area contributed by atoms with Gasteiger partial charge in [0.1, 0.15) is 0 Å². The van der Waals surface area contributed by atoms with Crippen LogP contribution in [0.1, 0.15) is 28.3 Å². The molecule has 0 aromatic heterocycles. The van der Waals surface area contributed by atoms with Crippen molar-refractivity contribution in [1.29, 1.82) is 0 Å². The molecule has 1 aromatic carbocycles. The van der Waals surface area contributed by atoms with E-state index in [1.165, 1.54) is 39.5 Å². The Morgan fingerprint density at radius 1 is 1.11 bits per heavy atom. The van der Waals surface area contributed by atoms with Crippen LogP contribution >= 0.6 is 23.5 Å². The van der Waals surface area contributed by atoms with Gasteiger partial charge in [0.05, 0.1) is 0 Å². The van der Waals surface area contributed by atoms with Crippen LogP contribution in [0.5, 0.6) is 0 Å². The molecule has 1 aliphatic heterocycles. The highest BCUT2D eigenvalue weighted by Crippen LogP contribution is 2.35. The fraction of sp³-hybridized carbons (Fsp3) is 0.600. The van der Waals surface area contributed by atoms with Crippen molar-refractivity contribution in [1.82, 2.24) is 5.32 Å². The quantitative estimate of drug-likeness (QED) is 0.907. The van der Waals surface area contributed by atoms with Gasteiger partial charge in [0.25, 0.3) is 0 Å². The van der Waals surface area contributed by atoms with Gasteiger partial charge in [-0.2, -0.15) is 23.5 Å². The van der Waals surface area contributed by atoms with Gasteiger partial charge in [0.15, 0.2) is 0 Å². The summed E-state index contributed by atoms with van der Waals surface area (Å²) in [6.45, 7) is 6.66. The van der Waals surface area contributed by atoms with Crippen molar-refractivity contribution in [2.24, 2.45) is 0 Å². The minimum absolute atomic E-state index is 0.488. The molecule has 1 N–H and O–H groups in total. The first-order valence-corrected chi connectivity index (χ1v) is 8.78. The number of hydrogen-bond acceptors (Lipinski definition) is 3. The summed E-state index contributed by atoms with van der Waals surface area (Å²) in [4.78, 5) is 0. The summed E-state index contributed by atoms with van der Waals surface area (Å²) in [6, 6.07) is 5.20. The SMILES string of the molecule is CNC(c1cc(C)c(C)cc1C)C1CSCCS1. The molecule has 0 spiro atoms. The Kier molecular flexibility index (Phi) is 5.05. The topological polar surface area (TPSA) is 12.0 Å². The summed E-state index contributed by atoms with van der Waals surface area (Å²) in [5.74, 6) is 3.86. The van der Waals surface area contributed by atoms with E-state index >= 15 is 0 Å². The number of thioether (sulfide) groups is 2. The molecule has 0 radical (unpaired) electrons. The van der Waals surface area contributed by atoms with Crippen molar-refractivity contribution < 1.29 is 0 Å². The van der Waals surface area contributed by atoms with Gasteiger partial charge in [0.2, 0.25) is 0 Å². The monoisotopic (exact) mass is 281 g/mol. The van der Waals surface area contributed by atoms with Crippen LogP contribution in [0.15, 0.2) is 12.1 Å². The average molecular weight is 281 g/mol. The molecule has 0 aliphatic carbocycles. The minimum atomic E-state index is 0.488. The molecule has 3 heteroatoms. The van der Waals surface area contributed by atoms with Gasteiger partial charge in [-0.15, -0.1) is 0 Å². The van der Waals surface area contributed by atoms with E-state index in [0.717, 1.165) is 0 Å². The van der Waals surface area contributed by atoms with Crippen LogP contribution in [0.4, 0.5) is 0 Å². The van der Waals surface area contributed by atoms with E-state index in [-0.39, 0.29) is 0 Å². The Balaban J connectivity index is 2.28. The molecule has 1 heterocycles. The molecule has 1 fully saturated rings. The predicted molar refractivity (Wildman–Crippen MR) is 86.0 cm³/mol. The van der Waals surface area contributed by atoms with Gasteiger partial charge < -0.3 is 5.32 Å². The van der Waals surface area contributed by atoms with Gasteiger partial charge in [0, 0.05) is 28.6 Å². The molecule has 100 valence electrons. The summed E-state index contributed by atoms with van der Waals surface area (Å²) in [6.07, 6.45) is 0. The maximum atomic E-state index is 3.54. The molecule has 2 rings (SSSR count). The van der Waals surface area contributed by atoms with Crippen LogP contribution in [0, 0.1) is 20.8 Å². The van der Waals surface area contributed by atoms with E-state index in [1.807, 2.05) is 0 Å². The Morgan fingerprint density at radius 3 is 2.44 bits per heavy atom. The lowest BCUT2D eigenvalue weighted by Crippen LogP contribution is -2.32. The van der Waals surface area contributed by atoms with Crippen molar-refractivity contribution in [2.75, 3.05) is 24.3 Å². The molecule has 0 amide bonds. The maximum absolute atomic E-state index is 3.54. The normalized spacial score (nSPS) is 21.9. The van der Waals surface area contributed by atoms with E-state index in [4.69, 9.17) is 0 Å². The second-order valence-corrected chi connectivity index (χ2v) is 7.54. The third-order valence-corrected chi connectivity index (χ3v) is 6.61. The predicted octanol–water partition coefficient (Wildman–Crippen LogP) is 3.72. The van der Waals surface area contributed by atoms with Crippen molar-refractivity contribution in [3.05, 3.63) is 34.4 Å². The molecule has 1 saturated heterocycles. The Morgan fingerprint density at radius 2 is 1.83 bits per heavy atom. The molecule has 0 saturated carbocycles. The molecule has 1 aliphatic rings. The van der Waals surface area contributed by atoms with Gasteiger partial charge in [-0.3, -0.25) is 0 Å². The average Bonchev–Trinajstić information content (AvgIpc) is 2.38. The summed E-state index contributed by atoms with van der Waals surface area (Å²) < 4.78 is 0. The van der Waals surface area contributed by atoms with Crippen LogP contribution in [0.3, 0.4) is 0 Å². The van der Waals surface area contributed by atoms with Crippen LogP contribution in [0.25, 0.3) is 0 Å². The largest absolute Gasteiger partial charge is 0.312 e. The first-order chi connectivity index (χ1) is 8.63. The van der Waals surface area contributed by atoms with Crippen molar-refractivity contribution in [3.8, 4) is 0 Å². The number of aryl methyl sites for hydroxylation is 3. The summed E-state index contributed by atoms with van der Waals surface area (Å²) in [5.41, 5.74) is 5.72. The van der Waals surface area contributed by atoms with Gasteiger partial charge in [-0.05, 0) is 50.1 Å². The van der Waals surface area contributed by atoms with Crippen molar-refractivity contribution in [2.45, 2.75) is 32.1 Å².